The van der Waals surface area contributed by atoms with E-state index in [-0.39, 0.29) is 24.3 Å². The first-order valence-corrected chi connectivity index (χ1v) is 9.55. The molecule has 0 bridgehead atoms. The fourth-order valence-corrected chi connectivity index (χ4v) is 3.07. The van der Waals surface area contributed by atoms with Gasteiger partial charge in [-0.1, -0.05) is 54.1 Å². The number of carbonyl (C=O) groups is 2. The Morgan fingerprint density at radius 2 is 1.59 bits per heavy atom. The van der Waals surface area contributed by atoms with Gasteiger partial charge in [-0.25, -0.2) is 0 Å². The zero-order chi connectivity index (χ0) is 20.0. The number of aryl methyl sites for hydroxylation is 1. The molecule has 0 radical (unpaired) electrons. The molecule has 0 unspecified atom stereocenters. The molecule has 1 atom stereocenters. The standard InChI is InChI=1S/C22H27ClN2O2/c1-15(2)24-22(27)17(4)25(14-19-11-6-5-9-16(19)3)21(26)13-18-10-7-8-12-20(18)23/h5-12,15,17H,13-14H2,1-4H3,(H,24,27)/t17-/m0/s1. The van der Waals surface area contributed by atoms with Gasteiger partial charge in [-0.2, -0.15) is 0 Å². The first-order chi connectivity index (χ1) is 12.8. The molecular formula is C22H27ClN2O2. The highest BCUT2D eigenvalue weighted by molar-refractivity contribution is 6.31. The van der Waals surface area contributed by atoms with Crippen molar-refractivity contribution in [1.29, 1.82) is 0 Å². The summed E-state index contributed by atoms with van der Waals surface area (Å²) in [6, 6.07) is 14.6. The van der Waals surface area contributed by atoms with Crippen molar-refractivity contribution in [1.82, 2.24) is 10.2 Å². The third-order valence-electron chi connectivity index (χ3n) is 4.50. The Morgan fingerprint density at radius 1 is 1.00 bits per heavy atom. The lowest BCUT2D eigenvalue weighted by Gasteiger charge is -2.30. The van der Waals surface area contributed by atoms with Gasteiger partial charge in [0.25, 0.3) is 0 Å². The summed E-state index contributed by atoms with van der Waals surface area (Å²) in [6.07, 6.45) is 0.158. The molecule has 4 nitrogen and oxygen atoms in total. The minimum Gasteiger partial charge on any atom is -0.352 e. The molecule has 2 aromatic carbocycles. The second kappa shape index (κ2) is 9.56. The van der Waals surface area contributed by atoms with E-state index in [1.165, 1.54) is 0 Å². The second-order valence-electron chi connectivity index (χ2n) is 7.06. The van der Waals surface area contributed by atoms with Crippen LogP contribution >= 0.6 is 11.6 Å². The number of carbonyl (C=O) groups excluding carboxylic acids is 2. The zero-order valence-electron chi connectivity index (χ0n) is 16.3. The molecule has 0 saturated heterocycles. The third kappa shape index (κ3) is 5.83. The van der Waals surface area contributed by atoms with Crippen LogP contribution in [0.4, 0.5) is 0 Å². The van der Waals surface area contributed by atoms with Gasteiger partial charge in [-0.05, 0) is 50.5 Å². The Bertz CT molecular complexity index is 804. The SMILES string of the molecule is Cc1ccccc1CN(C(=O)Cc1ccccc1Cl)[C@@H](C)C(=O)NC(C)C. The highest BCUT2D eigenvalue weighted by Gasteiger charge is 2.27. The molecule has 144 valence electrons. The largest absolute Gasteiger partial charge is 0.352 e. The molecule has 2 rings (SSSR count). The number of nitrogens with one attached hydrogen (secondary N) is 1. The minimum atomic E-state index is -0.581. The van der Waals surface area contributed by atoms with E-state index in [2.05, 4.69) is 5.32 Å². The summed E-state index contributed by atoms with van der Waals surface area (Å²) < 4.78 is 0. The molecule has 0 aliphatic rings. The number of rotatable bonds is 7. The summed E-state index contributed by atoms with van der Waals surface area (Å²) in [7, 11) is 0. The molecule has 0 aliphatic heterocycles. The van der Waals surface area contributed by atoms with Crippen LogP contribution in [0.15, 0.2) is 48.5 Å². The lowest BCUT2D eigenvalue weighted by molar-refractivity contribution is -0.140. The lowest BCUT2D eigenvalue weighted by Crippen LogP contribution is -2.49. The molecule has 1 N–H and O–H groups in total. The van der Waals surface area contributed by atoms with Crippen molar-refractivity contribution in [2.45, 2.75) is 52.7 Å². The van der Waals surface area contributed by atoms with Crippen molar-refractivity contribution in [3.8, 4) is 0 Å². The van der Waals surface area contributed by atoms with Gasteiger partial charge in [-0.15, -0.1) is 0 Å². The van der Waals surface area contributed by atoms with Gasteiger partial charge in [0.1, 0.15) is 6.04 Å². The van der Waals surface area contributed by atoms with Crippen LogP contribution in [-0.4, -0.2) is 28.8 Å². The maximum atomic E-state index is 13.1. The number of halogens is 1. The molecule has 0 heterocycles. The summed E-state index contributed by atoms with van der Waals surface area (Å²) >= 11 is 6.22. The monoisotopic (exact) mass is 386 g/mol. The van der Waals surface area contributed by atoms with E-state index in [4.69, 9.17) is 11.6 Å². The molecule has 0 aliphatic carbocycles. The maximum absolute atomic E-state index is 13.1. The van der Waals surface area contributed by atoms with E-state index < -0.39 is 6.04 Å². The van der Waals surface area contributed by atoms with Gasteiger partial charge >= 0.3 is 0 Å². The second-order valence-corrected chi connectivity index (χ2v) is 7.46. The fraction of sp³-hybridized carbons (Fsp3) is 0.364. The molecule has 0 saturated carbocycles. The van der Waals surface area contributed by atoms with Crippen LogP contribution in [0, 0.1) is 6.92 Å². The summed E-state index contributed by atoms with van der Waals surface area (Å²) in [5.74, 6) is -0.288. The van der Waals surface area contributed by atoms with E-state index in [1.54, 1.807) is 17.9 Å². The van der Waals surface area contributed by atoms with Crippen molar-refractivity contribution < 1.29 is 9.59 Å². The molecule has 27 heavy (non-hydrogen) atoms. The highest BCUT2D eigenvalue weighted by atomic mass is 35.5. The van der Waals surface area contributed by atoms with Crippen molar-refractivity contribution in [3.05, 3.63) is 70.2 Å². The molecule has 2 aromatic rings. The molecule has 2 amide bonds. The lowest BCUT2D eigenvalue weighted by atomic mass is 10.1. The summed E-state index contributed by atoms with van der Waals surface area (Å²) in [5, 5.41) is 3.45. The van der Waals surface area contributed by atoms with Gasteiger partial charge in [0.15, 0.2) is 0 Å². The Hall–Kier alpha value is -2.33. The zero-order valence-corrected chi connectivity index (χ0v) is 17.1. The number of hydrogen-bond acceptors (Lipinski definition) is 2. The van der Waals surface area contributed by atoms with Crippen LogP contribution in [-0.2, 0) is 22.6 Å². The Balaban J connectivity index is 2.27. The number of benzene rings is 2. The number of amides is 2. The van der Waals surface area contributed by atoms with Crippen LogP contribution in [0.5, 0.6) is 0 Å². The third-order valence-corrected chi connectivity index (χ3v) is 4.87. The van der Waals surface area contributed by atoms with Crippen LogP contribution in [0.1, 0.15) is 37.5 Å². The summed E-state index contributed by atoms with van der Waals surface area (Å²) in [6.45, 7) is 7.96. The van der Waals surface area contributed by atoms with Crippen LogP contribution in [0.2, 0.25) is 5.02 Å². The van der Waals surface area contributed by atoms with Gasteiger partial charge in [0.2, 0.25) is 11.8 Å². The van der Waals surface area contributed by atoms with Gasteiger partial charge < -0.3 is 10.2 Å². The molecule has 0 fully saturated rings. The summed E-state index contributed by atoms with van der Waals surface area (Å²) in [5.41, 5.74) is 2.87. The quantitative estimate of drug-likeness (QED) is 0.777. The summed E-state index contributed by atoms with van der Waals surface area (Å²) in [4.78, 5) is 27.3. The molecular weight excluding hydrogens is 360 g/mol. The van der Waals surface area contributed by atoms with Crippen molar-refractivity contribution in [3.63, 3.8) is 0 Å². The van der Waals surface area contributed by atoms with Crippen LogP contribution in [0.3, 0.4) is 0 Å². The Kier molecular flexibility index (Phi) is 7.43. The predicted molar refractivity (Wildman–Crippen MR) is 110 cm³/mol. The van der Waals surface area contributed by atoms with E-state index >= 15 is 0 Å². The number of nitrogens with zero attached hydrogens (tertiary/aromatic N) is 1. The van der Waals surface area contributed by atoms with Crippen molar-refractivity contribution in [2.24, 2.45) is 0 Å². The fourth-order valence-electron chi connectivity index (χ4n) is 2.86. The highest BCUT2D eigenvalue weighted by Crippen LogP contribution is 2.19. The first kappa shape index (κ1) is 21.0. The van der Waals surface area contributed by atoms with E-state index in [0.717, 1.165) is 16.7 Å². The predicted octanol–water partition coefficient (Wildman–Crippen LogP) is 4.13. The molecule has 0 aromatic heterocycles. The minimum absolute atomic E-state index is 0.0129. The Labute approximate surface area is 166 Å². The average Bonchev–Trinajstić information content (AvgIpc) is 2.61. The van der Waals surface area contributed by atoms with Crippen LogP contribution in [0.25, 0.3) is 0 Å². The van der Waals surface area contributed by atoms with E-state index in [9.17, 15) is 9.59 Å². The average molecular weight is 387 g/mol. The van der Waals surface area contributed by atoms with Gasteiger partial charge in [-0.3, -0.25) is 9.59 Å². The molecule has 0 spiro atoms. The first-order valence-electron chi connectivity index (χ1n) is 9.17. The number of hydrogen-bond donors (Lipinski definition) is 1. The van der Waals surface area contributed by atoms with Crippen molar-refractivity contribution in [2.75, 3.05) is 0 Å². The maximum Gasteiger partial charge on any atom is 0.242 e. The van der Waals surface area contributed by atoms with E-state index in [1.807, 2.05) is 63.2 Å². The van der Waals surface area contributed by atoms with Crippen LogP contribution < -0.4 is 5.32 Å². The van der Waals surface area contributed by atoms with E-state index in [0.29, 0.717) is 11.6 Å². The Morgan fingerprint density at radius 3 is 2.19 bits per heavy atom. The van der Waals surface area contributed by atoms with Crippen molar-refractivity contribution >= 4 is 23.4 Å². The van der Waals surface area contributed by atoms with Gasteiger partial charge in [0.05, 0.1) is 6.42 Å². The molecule has 5 heteroatoms. The smallest absolute Gasteiger partial charge is 0.242 e. The normalized spacial score (nSPS) is 11.9. The topological polar surface area (TPSA) is 49.4 Å². The van der Waals surface area contributed by atoms with Gasteiger partial charge in [0, 0.05) is 17.6 Å².